The van der Waals surface area contributed by atoms with Gasteiger partial charge in [0.25, 0.3) is 0 Å². The Bertz CT molecular complexity index is 301. The molecule has 1 atom stereocenters. The van der Waals surface area contributed by atoms with Gasteiger partial charge in [0, 0.05) is 17.8 Å². The summed E-state index contributed by atoms with van der Waals surface area (Å²) in [7, 11) is 0. The van der Waals surface area contributed by atoms with Gasteiger partial charge in [-0.25, -0.2) is 0 Å². The Morgan fingerprint density at radius 1 is 1.75 bits per heavy atom. The quantitative estimate of drug-likeness (QED) is 0.659. The van der Waals surface area contributed by atoms with Gasteiger partial charge >= 0.3 is 0 Å². The molecule has 1 rings (SSSR count). The van der Waals surface area contributed by atoms with Crippen molar-refractivity contribution in [3.8, 4) is 11.8 Å². The molecule has 0 radical (unpaired) electrons. The Labute approximate surface area is 72.6 Å². The van der Waals surface area contributed by atoms with Crippen molar-refractivity contribution in [2.45, 2.75) is 26.4 Å². The molecule has 0 unspecified atom stereocenters. The van der Waals surface area contributed by atoms with Gasteiger partial charge in [-0.1, -0.05) is 5.92 Å². The van der Waals surface area contributed by atoms with Gasteiger partial charge in [-0.15, -0.1) is 5.92 Å². The van der Waals surface area contributed by atoms with E-state index in [1.54, 1.807) is 10.9 Å². The van der Waals surface area contributed by atoms with Crippen LogP contribution in [-0.2, 0) is 6.54 Å². The molecule has 0 aliphatic heterocycles. The largest absolute Gasteiger partial charge is 0.324 e. The van der Waals surface area contributed by atoms with E-state index in [1.165, 1.54) is 0 Å². The molecule has 2 N–H and O–H groups in total. The van der Waals surface area contributed by atoms with E-state index in [2.05, 4.69) is 16.9 Å². The van der Waals surface area contributed by atoms with Gasteiger partial charge in [-0.3, -0.25) is 4.68 Å². The minimum absolute atomic E-state index is 0.0494. The Hall–Kier alpha value is -1.27. The zero-order valence-corrected chi connectivity index (χ0v) is 7.41. The predicted octanol–water partition coefficient (Wildman–Crippen LogP) is 0.926. The summed E-state index contributed by atoms with van der Waals surface area (Å²) in [5.41, 5.74) is 6.72. The highest BCUT2D eigenvalue weighted by Crippen LogP contribution is 2.06. The van der Waals surface area contributed by atoms with E-state index in [1.807, 2.05) is 20.0 Å². The molecule has 3 nitrogen and oxygen atoms in total. The highest BCUT2D eigenvalue weighted by atomic mass is 15.3. The van der Waals surface area contributed by atoms with Crippen LogP contribution in [0.2, 0.25) is 0 Å². The van der Waals surface area contributed by atoms with Crippen LogP contribution in [0.1, 0.15) is 25.5 Å². The lowest BCUT2D eigenvalue weighted by atomic mass is 10.2. The van der Waals surface area contributed by atoms with Gasteiger partial charge < -0.3 is 5.73 Å². The molecule has 0 aliphatic carbocycles. The fourth-order valence-corrected chi connectivity index (χ4v) is 0.861. The van der Waals surface area contributed by atoms with Crippen molar-refractivity contribution in [2.24, 2.45) is 5.73 Å². The zero-order chi connectivity index (χ0) is 8.97. The average molecular weight is 163 g/mol. The summed E-state index contributed by atoms with van der Waals surface area (Å²) in [4.78, 5) is 0. The first-order chi connectivity index (χ1) is 5.74. The number of rotatable bonds is 2. The van der Waals surface area contributed by atoms with E-state index in [-0.39, 0.29) is 6.04 Å². The smallest absolute Gasteiger partial charge is 0.102 e. The predicted molar refractivity (Wildman–Crippen MR) is 48.3 cm³/mol. The van der Waals surface area contributed by atoms with Crippen molar-refractivity contribution in [1.29, 1.82) is 0 Å². The maximum Gasteiger partial charge on any atom is 0.102 e. The zero-order valence-electron chi connectivity index (χ0n) is 7.41. The molecule has 0 saturated carbocycles. The van der Waals surface area contributed by atoms with E-state index in [9.17, 15) is 0 Å². The van der Waals surface area contributed by atoms with Crippen molar-refractivity contribution in [1.82, 2.24) is 9.78 Å². The number of hydrogen-bond donors (Lipinski definition) is 1. The minimum atomic E-state index is 0.0494. The molecule has 0 amide bonds. The monoisotopic (exact) mass is 163 g/mol. The van der Waals surface area contributed by atoms with Crippen LogP contribution in [0.3, 0.4) is 0 Å². The SMILES string of the molecule is CC#CCn1cc([C@H](C)N)cn1. The Balaban J connectivity index is 2.68. The Kier molecular flexibility index (Phi) is 2.89. The number of nitrogens with zero attached hydrogens (tertiary/aromatic N) is 2. The van der Waals surface area contributed by atoms with Crippen LogP contribution in [-0.4, -0.2) is 9.78 Å². The first-order valence-corrected chi connectivity index (χ1v) is 3.91. The molecule has 1 heterocycles. The lowest BCUT2D eigenvalue weighted by molar-refractivity contribution is 0.712. The lowest BCUT2D eigenvalue weighted by Crippen LogP contribution is -2.03. The summed E-state index contributed by atoms with van der Waals surface area (Å²) >= 11 is 0. The van der Waals surface area contributed by atoms with E-state index >= 15 is 0 Å². The third-order valence-electron chi connectivity index (χ3n) is 1.60. The van der Waals surface area contributed by atoms with Gasteiger partial charge in [0.15, 0.2) is 0 Å². The summed E-state index contributed by atoms with van der Waals surface area (Å²) < 4.78 is 1.79. The van der Waals surface area contributed by atoms with Crippen LogP contribution in [0.25, 0.3) is 0 Å². The van der Waals surface area contributed by atoms with E-state index in [0.717, 1.165) is 5.56 Å². The first-order valence-electron chi connectivity index (χ1n) is 3.91. The van der Waals surface area contributed by atoms with E-state index in [0.29, 0.717) is 6.54 Å². The summed E-state index contributed by atoms with van der Waals surface area (Å²) in [6.45, 7) is 4.39. The minimum Gasteiger partial charge on any atom is -0.324 e. The number of nitrogens with two attached hydrogens (primary N) is 1. The van der Waals surface area contributed by atoms with Gasteiger partial charge in [0.1, 0.15) is 6.54 Å². The second kappa shape index (κ2) is 3.93. The van der Waals surface area contributed by atoms with Gasteiger partial charge in [0.05, 0.1) is 6.20 Å². The maximum atomic E-state index is 5.67. The van der Waals surface area contributed by atoms with Crippen LogP contribution < -0.4 is 5.73 Å². The summed E-state index contributed by atoms with van der Waals surface area (Å²) in [5.74, 6) is 5.74. The van der Waals surface area contributed by atoms with Crippen LogP contribution in [0.15, 0.2) is 12.4 Å². The highest BCUT2D eigenvalue weighted by molar-refractivity contribution is 5.09. The van der Waals surface area contributed by atoms with Gasteiger partial charge in [0.2, 0.25) is 0 Å². The molecule has 0 aliphatic rings. The summed E-state index contributed by atoms with van der Waals surface area (Å²) in [6.07, 6.45) is 3.71. The van der Waals surface area contributed by atoms with Crippen LogP contribution in [0.5, 0.6) is 0 Å². The number of hydrogen-bond acceptors (Lipinski definition) is 2. The van der Waals surface area contributed by atoms with E-state index in [4.69, 9.17) is 5.73 Å². The van der Waals surface area contributed by atoms with Crippen molar-refractivity contribution in [3.05, 3.63) is 18.0 Å². The summed E-state index contributed by atoms with van der Waals surface area (Å²) in [5, 5.41) is 4.11. The van der Waals surface area contributed by atoms with Crippen LogP contribution >= 0.6 is 0 Å². The second-order valence-electron chi connectivity index (χ2n) is 2.69. The third-order valence-corrected chi connectivity index (χ3v) is 1.60. The van der Waals surface area contributed by atoms with E-state index < -0.39 is 0 Å². The third kappa shape index (κ3) is 2.11. The molecule has 1 aromatic rings. The molecule has 0 bridgehead atoms. The number of aromatic nitrogens is 2. The topological polar surface area (TPSA) is 43.8 Å². The normalized spacial score (nSPS) is 11.9. The standard InChI is InChI=1S/C9H13N3/c1-3-4-5-12-7-9(6-11-12)8(2)10/h6-8H,5,10H2,1-2H3/t8-/m0/s1. The van der Waals surface area contributed by atoms with Crippen molar-refractivity contribution in [3.63, 3.8) is 0 Å². The average Bonchev–Trinajstić information content (AvgIpc) is 2.48. The molecular weight excluding hydrogens is 150 g/mol. The lowest BCUT2D eigenvalue weighted by Gasteiger charge is -1.97. The first kappa shape index (κ1) is 8.82. The maximum absolute atomic E-state index is 5.67. The summed E-state index contributed by atoms with van der Waals surface area (Å²) in [6, 6.07) is 0.0494. The Morgan fingerprint density at radius 3 is 3.00 bits per heavy atom. The molecule has 0 aromatic carbocycles. The van der Waals surface area contributed by atoms with Gasteiger partial charge in [-0.05, 0) is 13.8 Å². The Morgan fingerprint density at radius 2 is 2.50 bits per heavy atom. The van der Waals surface area contributed by atoms with Crippen molar-refractivity contribution < 1.29 is 0 Å². The van der Waals surface area contributed by atoms with Crippen molar-refractivity contribution >= 4 is 0 Å². The molecule has 64 valence electrons. The molecule has 3 heteroatoms. The second-order valence-corrected chi connectivity index (χ2v) is 2.69. The molecule has 0 saturated heterocycles. The molecule has 0 spiro atoms. The van der Waals surface area contributed by atoms with Gasteiger partial charge in [-0.2, -0.15) is 5.10 Å². The van der Waals surface area contributed by atoms with Crippen LogP contribution in [0, 0.1) is 11.8 Å². The highest BCUT2D eigenvalue weighted by Gasteiger charge is 2.00. The fourth-order valence-electron chi connectivity index (χ4n) is 0.861. The van der Waals surface area contributed by atoms with Crippen LogP contribution in [0.4, 0.5) is 0 Å². The van der Waals surface area contributed by atoms with Crippen molar-refractivity contribution in [2.75, 3.05) is 0 Å². The molecule has 0 fully saturated rings. The molecular formula is C9H13N3. The fraction of sp³-hybridized carbons (Fsp3) is 0.444. The molecule has 12 heavy (non-hydrogen) atoms. The molecule has 1 aromatic heterocycles.